The van der Waals surface area contributed by atoms with Crippen LogP contribution in [0, 0.1) is 0 Å². The van der Waals surface area contributed by atoms with Crippen molar-refractivity contribution in [3.8, 4) is 0 Å². The number of halogens is 5. The van der Waals surface area contributed by atoms with Crippen molar-refractivity contribution in [1.29, 1.82) is 0 Å². The molecule has 94 valence electrons. The van der Waals surface area contributed by atoms with E-state index in [4.69, 9.17) is 5.11 Å². The number of carbonyl (C=O) groups excluding carboxylic acids is 1. The highest BCUT2D eigenvalue weighted by Gasteiger charge is 2.62. The van der Waals surface area contributed by atoms with Crippen LogP contribution in [-0.4, -0.2) is 28.0 Å². The Morgan fingerprint density at radius 2 is 1.88 bits per heavy atom. The van der Waals surface area contributed by atoms with Gasteiger partial charge in [0, 0.05) is 24.0 Å². The maximum absolute atomic E-state index is 12.5. The molecule has 0 radical (unpaired) electrons. The Morgan fingerprint density at radius 1 is 1.29 bits per heavy atom. The molecule has 1 aromatic heterocycles. The number of alkyl halides is 5. The van der Waals surface area contributed by atoms with Crippen molar-refractivity contribution in [2.45, 2.75) is 12.1 Å². The van der Waals surface area contributed by atoms with Gasteiger partial charge in [0.05, 0.1) is 0 Å². The minimum absolute atomic E-state index is 0.0728. The van der Waals surface area contributed by atoms with Crippen LogP contribution in [0.3, 0.4) is 0 Å². The number of hydrogen-bond acceptors (Lipinski definition) is 2. The molecule has 2 N–H and O–H groups in total. The van der Waals surface area contributed by atoms with Gasteiger partial charge in [-0.25, -0.2) is 0 Å². The molecule has 0 aliphatic heterocycles. The molecule has 0 aliphatic rings. The number of nitrogens with one attached hydrogen (secondary N) is 1. The van der Waals surface area contributed by atoms with Gasteiger partial charge in [-0.2, -0.15) is 22.0 Å². The summed E-state index contributed by atoms with van der Waals surface area (Å²) in [5, 5.41) is 9.13. The van der Waals surface area contributed by atoms with Crippen molar-refractivity contribution >= 4 is 11.5 Å². The van der Waals surface area contributed by atoms with Crippen molar-refractivity contribution in [3.05, 3.63) is 30.1 Å². The van der Waals surface area contributed by atoms with Gasteiger partial charge >= 0.3 is 12.1 Å². The third-order valence-electron chi connectivity index (χ3n) is 1.83. The van der Waals surface area contributed by atoms with E-state index >= 15 is 0 Å². The highest BCUT2D eigenvalue weighted by Crippen LogP contribution is 2.36. The van der Waals surface area contributed by atoms with Gasteiger partial charge in [0.25, 0.3) is 0 Å². The van der Waals surface area contributed by atoms with Crippen LogP contribution in [-0.2, 0) is 4.79 Å². The predicted octanol–water partition coefficient (Wildman–Crippen LogP) is 2.68. The Morgan fingerprint density at radius 3 is 2.29 bits per heavy atom. The normalized spacial score (nSPS) is 13.8. The number of aromatic nitrogens is 1. The topological polar surface area (TPSA) is 53.1 Å². The van der Waals surface area contributed by atoms with Crippen LogP contribution < -0.4 is 0 Å². The summed E-state index contributed by atoms with van der Waals surface area (Å²) in [6.45, 7) is 0. The van der Waals surface area contributed by atoms with Crippen molar-refractivity contribution < 1.29 is 31.9 Å². The van der Waals surface area contributed by atoms with Gasteiger partial charge in [0.15, 0.2) is 0 Å². The molecular formula is C9H6F5NO2. The molecule has 0 fully saturated rings. The van der Waals surface area contributed by atoms with E-state index in [9.17, 15) is 26.7 Å². The maximum atomic E-state index is 12.5. The van der Waals surface area contributed by atoms with Crippen molar-refractivity contribution in [1.82, 2.24) is 4.98 Å². The summed E-state index contributed by atoms with van der Waals surface area (Å²) >= 11 is 0. The standard InChI is InChI=1S/C9H6F5NO2/c10-8(11,9(12,13)14)7(17)3-6(16)5-1-2-15-4-5/h1-4,15-16H. The second-order valence-corrected chi connectivity index (χ2v) is 3.07. The molecular weight excluding hydrogens is 249 g/mol. The van der Waals surface area contributed by atoms with Gasteiger partial charge in [-0.1, -0.05) is 0 Å². The Balaban J connectivity index is 2.97. The molecule has 3 nitrogen and oxygen atoms in total. The van der Waals surface area contributed by atoms with Crippen molar-refractivity contribution in [3.63, 3.8) is 0 Å². The number of hydrogen-bond donors (Lipinski definition) is 2. The Hall–Kier alpha value is -1.86. The fraction of sp³-hybridized carbons (Fsp3) is 0.222. The van der Waals surface area contributed by atoms with Gasteiger partial charge in [-0.05, 0) is 6.07 Å². The first-order valence-corrected chi connectivity index (χ1v) is 4.19. The molecule has 0 saturated carbocycles. The molecule has 0 amide bonds. The SMILES string of the molecule is O=C(C=C(O)c1cc[nH]c1)C(F)(F)C(F)(F)F. The summed E-state index contributed by atoms with van der Waals surface area (Å²) in [4.78, 5) is 13.1. The average Bonchev–Trinajstić information content (AvgIpc) is 2.68. The van der Waals surface area contributed by atoms with E-state index < -0.39 is 23.6 Å². The van der Waals surface area contributed by atoms with Crippen LogP contribution in [0.15, 0.2) is 24.5 Å². The smallest absolute Gasteiger partial charge is 0.461 e. The molecule has 0 aliphatic carbocycles. The summed E-state index contributed by atoms with van der Waals surface area (Å²) in [5.41, 5.74) is -0.0728. The minimum Gasteiger partial charge on any atom is -0.507 e. The number of allylic oxidation sites excluding steroid dienone is 1. The fourth-order valence-electron chi connectivity index (χ4n) is 0.921. The summed E-state index contributed by atoms with van der Waals surface area (Å²) in [6.07, 6.45) is -3.72. The highest BCUT2D eigenvalue weighted by molar-refractivity contribution is 6.00. The number of aliphatic hydroxyl groups excluding tert-OH is 1. The Labute approximate surface area is 91.6 Å². The Bertz CT molecular complexity index is 433. The lowest BCUT2D eigenvalue weighted by atomic mass is 10.1. The second-order valence-electron chi connectivity index (χ2n) is 3.07. The first-order valence-electron chi connectivity index (χ1n) is 4.19. The molecule has 17 heavy (non-hydrogen) atoms. The largest absolute Gasteiger partial charge is 0.507 e. The number of aromatic amines is 1. The minimum atomic E-state index is -5.99. The number of ketones is 1. The van der Waals surface area contributed by atoms with Crippen LogP contribution in [0.1, 0.15) is 5.56 Å². The van der Waals surface area contributed by atoms with E-state index in [2.05, 4.69) is 4.98 Å². The number of H-pyrrole nitrogens is 1. The first kappa shape index (κ1) is 13.2. The zero-order chi connectivity index (χ0) is 13.3. The molecule has 1 aromatic rings. The van der Waals surface area contributed by atoms with Crippen LogP contribution in [0.25, 0.3) is 5.76 Å². The third-order valence-corrected chi connectivity index (χ3v) is 1.83. The van der Waals surface area contributed by atoms with Crippen LogP contribution in [0.2, 0.25) is 0 Å². The molecule has 0 unspecified atom stereocenters. The molecule has 1 heterocycles. The Kier molecular flexibility index (Phi) is 3.25. The van der Waals surface area contributed by atoms with Crippen LogP contribution >= 0.6 is 0 Å². The van der Waals surface area contributed by atoms with Gasteiger partial charge in [0.2, 0.25) is 5.78 Å². The first-order chi connectivity index (χ1) is 7.66. The summed E-state index contributed by atoms with van der Waals surface area (Å²) in [5.74, 6) is -9.01. The van der Waals surface area contributed by atoms with Crippen LogP contribution in [0.4, 0.5) is 22.0 Å². The van der Waals surface area contributed by atoms with E-state index in [1.54, 1.807) is 0 Å². The zero-order valence-corrected chi connectivity index (χ0v) is 8.05. The van der Waals surface area contributed by atoms with Crippen LogP contribution in [0.5, 0.6) is 0 Å². The van der Waals surface area contributed by atoms with E-state index in [0.29, 0.717) is 0 Å². The summed E-state index contributed by atoms with van der Waals surface area (Å²) in [7, 11) is 0. The molecule has 0 atom stereocenters. The third kappa shape index (κ3) is 2.63. The average molecular weight is 255 g/mol. The lowest BCUT2D eigenvalue weighted by molar-refractivity contribution is -0.266. The van der Waals surface area contributed by atoms with Gasteiger partial charge in [-0.3, -0.25) is 4.79 Å². The van der Waals surface area contributed by atoms with E-state index in [0.717, 1.165) is 6.20 Å². The molecule has 0 saturated heterocycles. The van der Waals surface area contributed by atoms with Gasteiger partial charge < -0.3 is 10.1 Å². The number of rotatable bonds is 3. The number of carbonyl (C=O) groups is 1. The van der Waals surface area contributed by atoms with Crippen molar-refractivity contribution in [2.24, 2.45) is 0 Å². The molecule has 0 aromatic carbocycles. The van der Waals surface area contributed by atoms with Gasteiger partial charge in [-0.15, -0.1) is 0 Å². The van der Waals surface area contributed by atoms with E-state index in [1.807, 2.05) is 0 Å². The van der Waals surface area contributed by atoms with Crippen molar-refractivity contribution in [2.75, 3.05) is 0 Å². The quantitative estimate of drug-likeness (QED) is 0.495. The molecule has 0 bridgehead atoms. The highest BCUT2D eigenvalue weighted by atomic mass is 19.4. The lowest BCUT2D eigenvalue weighted by Crippen LogP contribution is -2.43. The van der Waals surface area contributed by atoms with E-state index in [-0.39, 0.29) is 11.6 Å². The molecule has 0 spiro atoms. The monoisotopic (exact) mass is 255 g/mol. The molecule has 1 rings (SSSR count). The second kappa shape index (κ2) is 4.19. The fourth-order valence-corrected chi connectivity index (χ4v) is 0.921. The van der Waals surface area contributed by atoms with E-state index in [1.165, 1.54) is 12.3 Å². The summed E-state index contributed by atoms with van der Waals surface area (Å²) in [6, 6.07) is 1.20. The van der Waals surface area contributed by atoms with Gasteiger partial charge in [0.1, 0.15) is 5.76 Å². The summed E-state index contributed by atoms with van der Waals surface area (Å²) < 4.78 is 60.3. The zero-order valence-electron chi connectivity index (χ0n) is 8.05. The predicted molar refractivity (Wildman–Crippen MR) is 47.4 cm³/mol. The maximum Gasteiger partial charge on any atom is 0.461 e. The molecule has 8 heteroatoms. The number of aliphatic hydroxyl groups is 1. The lowest BCUT2D eigenvalue weighted by Gasteiger charge is -2.16.